The standard InChI is InChI=1S/C15H24N4O3S/c1-12(15(20)17-13-5-9-23(21,22)11-13)19-8-2-4-14(19)10-18-7-3-6-16-18/h3,6-7,12-14H,2,4-5,8-11H2,1H3,(H,17,20)/t12-,13+,14-/m1/s1. The van der Waals surface area contributed by atoms with Gasteiger partial charge in [0.1, 0.15) is 0 Å². The zero-order valence-electron chi connectivity index (χ0n) is 13.4. The van der Waals surface area contributed by atoms with Crippen molar-refractivity contribution in [3.05, 3.63) is 18.5 Å². The van der Waals surface area contributed by atoms with E-state index in [0.29, 0.717) is 12.5 Å². The molecule has 2 saturated heterocycles. The van der Waals surface area contributed by atoms with Crippen LogP contribution in [0.3, 0.4) is 0 Å². The van der Waals surface area contributed by atoms with E-state index in [4.69, 9.17) is 0 Å². The molecule has 2 aliphatic heterocycles. The highest BCUT2D eigenvalue weighted by atomic mass is 32.2. The van der Waals surface area contributed by atoms with Gasteiger partial charge in [0.25, 0.3) is 0 Å². The van der Waals surface area contributed by atoms with Crippen molar-refractivity contribution < 1.29 is 13.2 Å². The van der Waals surface area contributed by atoms with Crippen LogP contribution in [0, 0.1) is 0 Å². The molecule has 128 valence electrons. The first-order valence-corrected chi connectivity index (χ1v) is 10.0. The van der Waals surface area contributed by atoms with Crippen LogP contribution in [0.15, 0.2) is 18.5 Å². The number of likely N-dealkylation sites (tertiary alicyclic amines) is 1. The largest absolute Gasteiger partial charge is 0.351 e. The number of rotatable bonds is 5. The monoisotopic (exact) mass is 340 g/mol. The first kappa shape index (κ1) is 16.4. The molecule has 3 atom stereocenters. The second-order valence-corrected chi connectivity index (χ2v) is 8.78. The van der Waals surface area contributed by atoms with Gasteiger partial charge in [-0.05, 0) is 38.8 Å². The zero-order chi connectivity index (χ0) is 16.4. The molecule has 0 saturated carbocycles. The lowest BCUT2D eigenvalue weighted by Gasteiger charge is -2.30. The Morgan fingerprint density at radius 1 is 1.43 bits per heavy atom. The number of sulfone groups is 1. The van der Waals surface area contributed by atoms with Gasteiger partial charge in [0.05, 0.1) is 24.1 Å². The normalized spacial score (nSPS) is 28.7. The van der Waals surface area contributed by atoms with Gasteiger partial charge in [0.15, 0.2) is 9.84 Å². The second kappa shape index (κ2) is 6.60. The van der Waals surface area contributed by atoms with E-state index in [-0.39, 0.29) is 29.5 Å². The molecule has 1 amide bonds. The molecule has 2 aliphatic rings. The summed E-state index contributed by atoms with van der Waals surface area (Å²) in [4.78, 5) is 14.7. The van der Waals surface area contributed by atoms with Gasteiger partial charge in [0, 0.05) is 24.5 Å². The van der Waals surface area contributed by atoms with E-state index in [1.807, 2.05) is 23.9 Å². The third-order valence-electron chi connectivity index (χ3n) is 4.84. The van der Waals surface area contributed by atoms with E-state index in [1.165, 1.54) is 0 Å². The van der Waals surface area contributed by atoms with E-state index in [1.54, 1.807) is 6.20 Å². The smallest absolute Gasteiger partial charge is 0.237 e. The summed E-state index contributed by atoms with van der Waals surface area (Å²) in [5.74, 6) is 0.180. The molecule has 0 aliphatic carbocycles. The minimum atomic E-state index is -2.97. The van der Waals surface area contributed by atoms with E-state index in [2.05, 4.69) is 15.3 Å². The molecule has 0 radical (unpaired) electrons. The minimum absolute atomic E-state index is 0.0699. The predicted octanol–water partition coefficient (Wildman–Crippen LogP) is 0.0393. The number of nitrogens with one attached hydrogen (secondary N) is 1. The molecule has 0 spiro atoms. The van der Waals surface area contributed by atoms with Crippen molar-refractivity contribution in [2.45, 2.75) is 50.9 Å². The molecule has 1 aromatic heterocycles. The van der Waals surface area contributed by atoms with Crippen molar-refractivity contribution >= 4 is 15.7 Å². The van der Waals surface area contributed by atoms with Gasteiger partial charge in [-0.1, -0.05) is 0 Å². The average molecular weight is 340 g/mol. The number of amides is 1. The third-order valence-corrected chi connectivity index (χ3v) is 6.60. The van der Waals surface area contributed by atoms with Crippen molar-refractivity contribution in [2.75, 3.05) is 18.1 Å². The molecule has 23 heavy (non-hydrogen) atoms. The summed E-state index contributed by atoms with van der Waals surface area (Å²) in [6.45, 7) is 3.58. The summed E-state index contributed by atoms with van der Waals surface area (Å²) < 4.78 is 24.9. The lowest BCUT2D eigenvalue weighted by Crippen LogP contribution is -2.50. The molecule has 3 heterocycles. The Bertz CT molecular complexity index is 644. The number of aromatic nitrogens is 2. The number of hydrogen-bond acceptors (Lipinski definition) is 5. The van der Waals surface area contributed by atoms with Crippen LogP contribution in [0.4, 0.5) is 0 Å². The molecular formula is C15H24N4O3S. The highest BCUT2D eigenvalue weighted by Gasteiger charge is 2.35. The van der Waals surface area contributed by atoms with Crippen LogP contribution in [0.2, 0.25) is 0 Å². The molecule has 0 bridgehead atoms. The van der Waals surface area contributed by atoms with Crippen LogP contribution >= 0.6 is 0 Å². The van der Waals surface area contributed by atoms with Gasteiger partial charge in [-0.2, -0.15) is 5.10 Å². The Kier molecular flexibility index (Phi) is 4.72. The average Bonchev–Trinajstić information content (AvgIpc) is 3.21. The SMILES string of the molecule is C[C@H](C(=O)N[C@H]1CCS(=O)(=O)C1)N1CCC[C@@H]1Cn1cccn1. The fourth-order valence-corrected chi connectivity index (χ4v) is 5.24. The molecule has 3 rings (SSSR count). The highest BCUT2D eigenvalue weighted by molar-refractivity contribution is 7.91. The summed E-state index contributed by atoms with van der Waals surface area (Å²) in [5.41, 5.74) is 0. The summed E-state index contributed by atoms with van der Waals surface area (Å²) in [5, 5.41) is 7.15. The topological polar surface area (TPSA) is 84.3 Å². The van der Waals surface area contributed by atoms with E-state index in [0.717, 1.165) is 25.9 Å². The fraction of sp³-hybridized carbons (Fsp3) is 0.733. The van der Waals surface area contributed by atoms with Crippen LogP contribution < -0.4 is 5.32 Å². The Hall–Kier alpha value is -1.41. The number of carbonyl (C=O) groups is 1. The fourth-order valence-electron chi connectivity index (χ4n) is 3.57. The van der Waals surface area contributed by atoms with Crippen molar-refractivity contribution in [3.8, 4) is 0 Å². The molecule has 1 aromatic rings. The van der Waals surface area contributed by atoms with Crippen LogP contribution in [0.25, 0.3) is 0 Å². The number of nitrogens with zero attached hydrogens (tertiary/aromatic N) is 3. The van der Waals surface area contributed by atoms with Gasteiger partial charge in [-0.15, -0.1) is 0 Å². The lowest BCUT2D eigenvalue weighted by atomic mass is 10.1. The van der Waals surface area contributed by atoms with Gasteiger partial charge in [0.2, 0.25) is 5.91 Å². The Balaban J connectivity index is 1.57. The summed E-state index contributed by atoms with van der Waals surface area (Å²) in [6.07, 6.45) is 6.34. The predicted molar refractivity (Wildman–Crippen MR) is 86.6 cm³/mol. The Morgan fingerprint density at radius 3 is 2.91 bits per heavy atom. The van der Waals surface area contributed by atoms with E-state index in [9.17, 15) is 13.2 Å². The maximum atomic E-state index is 12.5. The number of hydrogen-bond donors (Lipinski definition) is 1. The minimum Gasteiger partial charge on any atom is -0.351 e. The highest BCUT2D eigenvalue weighted by Crippen LogP contribution is 2.22. The Labute approximate surface area is 137 Å². The molecular weight excluding hydrogens is 316 g/mol. The van der Waals surface area contributed by atoms with Crippen LogP contribution in [0.1, 0.15) is 26.2 Å². The quantitative estimate of drug-likeness (QED) is 0.818. The zero-order valence-corrected chi connectivity index (χ0v) is 14.2. The van der Waals surface area contributed by atoms with E-state index < -0.39 is 9.84 Å². The van der Waals surface area contributed by atoms with Crippen molar-refractivity contribution in [1.82, 2.24) is 20.0 Å². The van der Waals surface area contributed by atoms with Gasteiger partial charge >= 0.3 is 0 Å². The van der Waals surface area contributed by atoms with Crippen molar-refractivity contribution in [3.63, 3.8) is 0 Å². The first-order valence-electron chi connectivity index (χ1n) is 8.18. The van der Waals surface area contributed by atoms with Crippen molar-refractivity contribution in [2.24, 2.45) is 0 Å². The molecule has 1 N–H and O–H groups in total. The summed E-state index contributed by atoms with van der Waals surface area (Å²) in [7, 11) is -2.97. The molecule has 2 fully saturated rings. The third kappa shape index (κ3) is 3.92. The maximum Gasteiger partial charge on any atom is 0.237 e. The number of carbonyl (C=O) groups excluding carboxylic acids is 1. The first-order chi connectivity index (χ1) is 10.9. The summed E-state index contributed by atoms with van der Waals surface area (Å²) in [6, 6.07) is 1.71. The van der Waals surface area contributed by atoms with Gasteiger partial charge < -0.3 is 5.32 Å². The second-order valence-electron chi connectivity index (χ2n) is 6.55. The van der Waals surface area contributed by atoms with Gasteiger partial charge in [-0.25, -0.2) is 8.42 Å². The van der Waals surface area contributed by atoms with Crippen LogP contribution in [-0.4, -0.2) is 65.2 Å². The van der Waals surface area contributed by atoms with Crippen LogP contribution in [0.5, 0.6) is 0 Å². The summed E-state index contributed by atoms with van der Waals surface area (Å²) >= 11 is 0. The molecule has 7 nitrogen and oxygen atoms in total. The van der Waals surface area contributed by atoms with Crippen LogP contribution in [-0.2, 0) is 21.2 Å². The van der Waals surface area contributed by atoms with Crippen molar-refractivity contribution in [1.29, 1.82) is 0 Å². The maximum absolute atomic E-state index is 12.5. The lowest BCUT2D eigenvalue weighted by molar-refractivity contribution is -0.126. The molecule has 0 aromatic carbocycles. The molecule has 8 heteroatoms. The molecule has 0 unspecified atom stereocenters. The van der Waals surface area contributed by atoms with Gasteiger partial charge in [-0.3, -0.25) is 14.4 Å². The van der Waals surface area contributed by atoms with E-state index >= 15 is 0 Å². The Morgan fingerprint density at radius 2 is 2.26 bits per heavy atom.